The summed E-state index contributed by atoms with van der Waals surface area (Å²) in [6.07, 6.45) is 0. The number of furan rings is 1. The SMILES string of the molecule is O=C(Nc1ccc(Cl)cc1Cl)c1ccc(COc2cc(Cl)ccc2Cl)o1. The Morgan fingerprint density at radius 2 is 1.65 bits per heavy atom. The zero-order chi connectivity index (χ0) is 18.7. The predicted octanol–water partition coefficient (Wildman–Crippen LogP) is 6.72. The van der Waals surface area contributed by atoms with Crippen molar-refractivity contribution in [1.29, 1.82) is 0 Å². The number of amides is 1. The van der Waals surface area contributed by atoms with E-state index in [0.717, 1.165) is 0 Å². The minimum absolute atomic E-state index is 0.0923. The van der Waals surface area contributed by atoms with Gasteiger partial charge >= 0.3 is 0 Å². The van der Waals surface area contributed by atoms with Crippen LogP contribution < -0.4 is 10.1 Å². The maximum absolute atomic E-state index is 12.3. The van der Waals surface area contributed by atoms with Gasteiger partial charge in [-0.25, -0.2) is 0 Å². The number of hydrogen-bond donors (Lipinski definition) is 1. The summed E-state index contributed by atoms with van der Waals surface area (Å²) in [6, 6.07) is 12.8. The van der Waals surface area contributed by atoms with Crippen LogP contribution >= 0.6 is 46.4 Å². The Morgan fingerprint density at radius 3 is 2.42 bits per heavy atom. The smallest absolute Gasteiger partial charge is 0.291 e. The topological polar surface area (TPSA) is 51.5 Å². The Bertz CT molecular complexity index is 955. The molecular formula is C18H11Cl4NO3. The molecule has 0 saturated carbocycles. The molecule has 0 saturated heterocycles. The summed E-state index contributed by atoms with van der Waals surface area (Å²) in [7, 11) is 0. The summed E-state index contributed by atoms with van der Waals surface area (Å²) in [4.78, 5) is 12.3. The van der Waals surface area contributed by atoms with Crippen LogP contribution in [0.3, 0.4) is 0 Å². The van der Waals surface area contributed by atoms with E-state index in [4.69, 9.17) is 55.6 Å². The molecule has 0 fully saturated rings. The Labute approximate surface area is 169 Å². The second-order valence-corrected chi connectivity index (χ2v) is 6.89. The lowest BCUT2D eigenvalue weighted by molar-refractivity contribution is 0.0992. The molecule has 3 rings (SSSR count). The number of ether oxygens (including phenoxy) is 1. The van der Waals surface area contributed by atoms with Crippen molar-refractivity contribution in [3.63, 3.8) is 0 Å². The number of rotatable bonds is 5. The number of carbonyl (C=O) groups is 1. The lowest BCUT2D eigenvalue weighted by atomic mass is 10.3. The minimum Gasteiger partial charge on any atom is -0.484 e. The Balaban J connectivity index is 1.65. The van der Waals surface area contributed by atoms with Gasteiger partial charge in [-0.2, -0.15) is 0 Å². The fraction of sp³-hybridized carbons (Fsp3) is 0.0556. The first-order chi connectivity index (χ1) is 12.4. The summed E-state index contributed by atoms with van der Waals surface area (Å²) in [5.74, 6) is 0.552. The highest BCUT2D eigenvalue weighted by molar-refractivity contribution is 6.37. The van der Waals surface area contributed by atoms with Crippen molar-refractivity contribution in [3.8, 4) is 5.75 Å². The van der Waals surface area contributed by atoms with Gasteiger partial charge in [0.15, 0.2) is 5.76 Å². The number of anilines is 1. The molecule has 134 valence electrons. The van der Waals surface area contributed by atoms with Crippen molar-refractivity contribution in [2.75, 3.05) is 5.32 Å². The largest absolute Gasteiger partial charge is 0.484 e. The van der Waals surface area contributed by atoms with Crippen LogP contribution in [0.5, 0.6) is 5.75 Å². The quantitative estimate of drug-likeness (QED) is 0.488. The molecule has 4 nitrogen and oxygen atoms in total. The third-order valence-electron chi connectivity index (χ3n) is 3.33. The first-order valence-corrected chi connectivity index (χ1v) is 8.86. The van der Waals surface area contributed by atoms with Crippen molar-refractivity contribution >= 4 is 58.0 Å². The van der Waals surface area contributed by atoms with Crippen molar-refractivity contribution in [1.82, 2.24) is 0 Å². The number of nitrogens with one attached hydrogen (secondary N) is 1. The molecule has 0 unspecified atom stereocenters. The third kappa shape index (κ3) is 4.65. The van der Waals surface area contributed by atoms with Crippen molar-refractivity contribution in [2.24, 2.45) is 0 Å². The van der Waals surface area contributed by atoms with Crippen molar-refractivity contribution < 1.29 is 13.9 Å². The van der Waals surface area contributed by atoms with E-state index in [-0.39, 0.29) is 12.4 Å². The maximum atomic E-state index is 12.3. The highest BCUT2D eigenvalue weighted by atomic mass is 35.5. The van der Waals surface area contributed by atoms with Gasteiger partial charge in [0.1, 0.15) is 18.1 Å². The van der Waals surface area contributed by atoms with Gasteiger partial charge in [0.25, 0.3) is 5.91 Å². The van der Waals surface area contributed by atoms with E-state index in [2.05, 4.69) is 5.32 Å². The van der Waals surface area contributed by atoms with Crippen LogP contribution in [0.1, 0.15) is 16.3 Å². The molecule has 0 aliphatic heterocycles. The van der Waals surface area contributed by atoms with Crippen molar-refractivity contribution in [3.05, 3.63) is 80.1 Å². The second kappa shape index (κ2) is 8.23. The van der Waals surface area contributed by atoms with Crippen LogP contribution in [0.15, 0.2) is 52.9 Å². The molecule has 26 heavy (non-hydrogen) atoms. The molecular weight excluding hydrogens is 420 g/mol. The highest BCUT2D eigenvalue weighted by Gasteiger charge is 2.14. The standard InChI is InChI=1S/C18H11Cl4NO3/c19-10-2-5-15(14(22)7-10)23-18(24)16-6-3-12(26-16)9-25-17-8-11(20)1-4-13(17)21/h1-8H,9H2,(H,23,24). The lowest BCUT2D eigenvalue weighted by Gasteiger charge is -2.07. The molecule has 0 atom stereocenters. The van der Waals surface area contributed by atoms with Crippen LogP contribution in [0.2, 0.25) is 20.1 Å². The van der Waals surface area contributed by atoms with Gasteiger partial charge in [-0.3, -0.25) is 4.79 Å². The normalized spacial score (nSPS) is 10.6. The Hall–Kier alpha value is -1.85. The number of carbonyl (C=O) groups excluding carboxylic acids is 1. The van der Waals surface area contributed by atoms with E-state index >= 15 is 0 Å². The Kier molecular flexibility index (Phi) is 5.99. The summed E-state index contributed by atoms with van der Waals surface area (Å²) < 4.78 is 11.1. The minimum atomic E-state index is -0.443. The van der Waals surface area contributed by atoms with Crippen molar-refractivity contribution in [2.45, 2.75) is 6.61 Å². The summed E-state index contributed by atoms with van der Waals surface area (Å²) >= 11 is 23.8. The molecule has 0 bridgehead atoms. The molecule has 1 N–H and O–H groups in total. The van der Waals surface area contributed by atoms with E-state index in [0.29, 0.717) is 37.3 Å². The molecule has 3 aromatic rings. The van der Waals surface area contributed by atoms with Gasteiger partial charge in [0.2, 0.25) is 0 Å². The Morgan fingerprint density at radius 1 is 0.923 bits per heavy atom. The zero-order valence-electron chi connectivity index (χ0n) is 13.1. The van der Waals surface area contributed by atoms with E-state index in [1.54, 1.807) is 36.4 Å². The number of hydrogen-bond acceptors (Lipinski definition) is 3. The molecule has 2 aromatic carbocycles. The zero-order valence-corrected chi connectivity index (χ0v) is 16.1. The van der Waals surface area contributed by atoms with Gasteiger partial charge in [-0.15, -0.1) is 0 Å². The average Bonchev–Trinajstić information content (AvgIpc) is 3.07. The summed E-state index contributed by atoms with van der Waals surface area (Å²) in [6.45, 7) is 0.0923. The van der Waals surface area contributed by atoms with Gasteiger partial charge in [-0.1, -0.05) is 46.4 Å². The average molecular weight is 431 g/mol. The van der Waals surface area contributed by atoms with Gasteiger partial charge < -0.3 is 14.5 Å². The molecule has 1 amide bonds. The van der Waals surface area contributed by atoms with E-state index in [9.17, 15) is 4.79 Å². The predicted molar refractivity (Wildman–Crippen MR) is 104 cm³/mol. The van der Waals surface area contributed by atoms with Crippen LogP contribution in [-0.4, -0.2) is 5.91 Å². The van der Waals surface area contributed by atoms with Crippen LogP contribution in [0.4, 0.5) is 5.69 Å². The van der Waals surface area contributed by atoms with E-state index < -0.39 is 5.91 Å². The molecule has 0 aliphatic carbocycles. The maximum Gasteiger partial charge on any atom is 0.291 e. The second-order valence-electron chi connectivity index (χ2n) is 5.21. The molecule has 8 heteroatoms. The molecule has 1 heterocycles. The number of halogens is 4. The van der Waals surface area contributed by atoms with Crippen LogP contribution in [0.25, 0.3) is 0 Å². The molecule has 1 aromatic heterocycles. The fourth-order valence-electron chi connectivity index (χ4n) is 2.09. The number of benzene rings is 2. The third-order valence-corrected chi connectivity index (χ3v) is 4.42. The van der Waals surface area contributed by atoms with Gasteiger partial charge in [-0.05, 0) is 42.5 Å². The molecule has 0 aliphatic rings. The summed E-state index contributed by atoms with van der Waals surface area (Å²) in [5.41, 5.74) is 0.431. The van der Waals surface area contributed by atoms with Gasteiger partial charge in [0.05, 0.1) is 15.7 Å². The fourth-order valence-corrected chi connectivity index (χ4v) is 2.88. The van der Waals surface area contributed by atoms with E-state index in [1.165, 1.54) is 12.1 Å². The molecule has 0 spiro atoms. The van der Waals surface area contributed by atoms with Gasteiger partial charge in [0, 0.05) is 16.1 Å². The first-order valence-electron chi connectivity index (χ1n) is 7.35. The van der Waals surface area contributed by atoms with Crippen LogP contribution in [0, 0.1) is 0 Å². The monoisotopic (exact) mass is 429 g/mol. The lowest BCUT2D eigenvalue weighted by Crippen LogP contribution is -2.11. The highest BCUT2D eigenvalue weighted by Crippen LogP contribution is 2.29. The first kappa shape index (κ1) is 18.9. The summed E-state index contributed by atoms with van der Waals surface area (Å²) in [5, 5.41) is 4.39. The molecule has 0 radical (unpaired) electrons. The van der Waals surface area contributed by atoms with E-state index in [1.807, 2.05) is 0 Å². The van der Waals surface area contributed by atoms with Crippen LogP contribution in [-0.2, 0) is 6.61 Å².